The largest absolute Gasteiger partial charge is 0.496 e. The van der Waals surface area contributed by atoms with Crippen LogP contribution < -0.4 is 25.1 Å². The van der Waals surface area contributed by atoms with E-state index in [9.17, 15) is 9.59 Å². The molecule has 0 saturated carbocycles. The first-order valence-electron chi connectivity index (χ1n) is 8.84. The van der Waals surface area contributed by atoms with E-state index in [1.54, 1.807) is 25.1 Å². The van der Waals surface area contributed by atoms with Crippen molar-refractivity contribution < 1.29 is 23.8 Å². The molecule has 150 valence electrons. The van der Waals surface area contributed by atoms with Crippen molar-refractivity contribution in [1.29, 1.82) is 0 Å². The van der Waals surface area contributed by atoms with Crippen molar-refractivity contribution in [2.24, 2.45) is 0 Å². The van der Waals surface area contributed by atoms with Crippen molar-refractivity contribution >= 4 is 11.8 Å². The van der Waals surface area contributed by atoms with Crippen LogP contribution in [0.5, 0.6) is 17.2 Å². The number of carbonyl (C=O) groups is 2. The van der Waals surface area contributed by atoms with Crippen molar-refractivity contribution in [2.75, 3.05) is 14.2 Å². The Labute approximate surface area is 165 Å². The van der Waals surface area contributed by atoms with Crippen LogP contribution in [0.25, 0.3) is 0 Å². The maximum atomic E-state index is 12.4. The normalized spacial score (nSPS) is 11.4. The zero-order valence-electron chi connectivity index (χ0n) is 17.0. The number of carbonyl (C=O) groups excluding carboxylic acids is 2. The number of aryl methyl sites for hydroxylation is 1. The summed E-state index contributed by atoms with van der Waals surface area (Å²) in [6.45, 7) is 7.33. The molecule has 1 atom stereocenters. The average Bonchev–Trinajstić information content (AvgIpc) is 2.69. The van der Waals surface area contributed by atoms with Gasteiger partial charge in [0.2, 0.25) is 0 Å². The molecule has 1 unspecified atom stereocenters. The second-order valence-electron chi connectivity index (χ2n) is 6.41. The summed E-state index contributed by atoms with van der Waals surface area (Å²) in [5, 5.41) is 0. The molecular formula is C21H26N2O5. The number of hydrogen-bond acceptors (Lipinski definition) is 5. The molecule has 7 heteroatoms. The molecular weight excluding hydrogens is 360 g/mol. The standard InChI is InChI=1S/C21H26N2O5/c1-12-8-7-9-17(13(12)2)28-15(4)20(24)22-23-21(25)16-10-18(26-5)14(3)19(11-16)27-6/h7-11,15H,1-6H3,(H,22,24)(H,23,25). The molecule has 0 aliphatic rings. The number of nitrogens with one attached hydrogen (secondary N) is 2. The van der Waals surface area contributed by atoms with Crippen molar-refractivity contribution in [3.8, 4) is 17.2 Å². The highest BCUT2D eigenvalue weighted by Gasteiger charge is 2.18. The van der Waals surface area contributed by atoms with E-state index >= 15 is 0 Å². The Morgan fingerprint density at radius 1 is 0.893 bits per heavy atom. The number of benzene rings is 2. The van der Waals surface area contributed by atoms with Gasteiger partial charge in [-0.05, 0) is 57.0 Å². The predicted molar refractivity (Wildman–Crippen MR) is 106 cm³/mol. The van der Waals surface area contributed by atoms with Gasteiger partial charge in [0.15, 0.2) is 6.10 Å². The quantitative estimate of drug-likeness (QED) is 0.746. The molecule has 0 aliphatic carbocycles. The van der Waals surface area contributed by atoms with Crippen LogP contribution in [0.4, 0.5) is 0 Å². The average molecular weight is 386 g/mol. The number of amides is 2. The van der Waals surface area contributed by atoms with E-state index < -0.39 is 17.9 Å². The van der Waals surface area contributed by atoms with Crippen molar-refractivity contribution in [3.05, 3.63) is 52.6 Å². The Morgan fingerprint density at radius 3 is 2.07 bits per heavy atom. The second kappa shape index (κ2) is 9.12. The lowest BCUT2D eigenvalue weighted by molar-refractivity contribution is -0.128. The fraction of sp³-hybridized carbons (Fsp3) is 0.333. The Kier molecular flexibility index (Phi) is 6.87. The van der Waals surface area contributed by atoms with E-state index in [0.29, 0.717) is 22.8 Å². The fourth-order valence-corrected chi connectivity index (χ4v) is 2.61. The highest BCUT2D eigenvalue weighted by molar-refractivity contribution is 5.96. The minimum absolute atomic E-state index is 0.294. The van der Waals surface area contributed by atoms with Gasteiger partial charge in [0.05, 0.1) is 14.2 Å². The van der Waals surface area contributed by atoms with Crippen molar-refractivity contribution in [1.82, 2.24) is 10.9 Å². The molecule has 2 amide bonds. The molecule has 7 nitrogen and oxygen atoms in total. The number of rotatable bonds is 6. The SMILES string of the molecule is COc1cc(C(=O)NNC(=O)C(C)Oc2cccc(C)c2C)cc(OC)c1C. The van der Waals surface area contributed by atoms with Gasteiger partial charge >= 0.3 is 0 Å². The molecule has 2 aromatic carbocycles. The van der Waals surface area contributed by atoms with Gasteiger partial charge in [-0.3, -0.25) is 20.4 Å². The Hall–Kier alpha value is -3.22. The van der Waals surface area contributed by atoms with Crippen molar-refractivity contribution in [2.45, 2.75) is 33.8 Å². The number of hydrazine groups is 1. The van der Waals surface area contributed by atoms with Gasteiger partial charge in [0.1, 0.15) is 17.2 Å². The number of ether oxygens (including phenoxy) is 3. The first kappa shape index (κ1) is 21.1. The first-order valence-corrected chi connectivity index (χ1v) is 8.84. The Balaban J connectivity index is 2.02. The second-order valence-corrected chi connectivity index (χ2v) is 6.41. The fourth-order valence-electron chi connectivity index (χ4n) is 2.61. The third-order valence-corrected chi connectivity index (χ3v) is 4.54. The van der Waals surface area contributed by atoms with Crippen LogP contribution in [0.2, 0.25) is 0 Å². The van der Waals surface area contributed by atoms with Crippen LogP contribution in [0.15, 0.2) is 30.3 Å². The zero-order valence-corrected chi connectivity index (χ0v) is 17.0. The molecule has 0 bridgehead atoms. The molecule has 0 aromatic heterocycles. The predicted octanol–water partition coefficient (Wildman–Crippen LogP) is 2.86. The summed E-state index contributed by atoms with van der Waals surface area (Å²) in [5.74, 6) is 0.691. The molecule has 2 rings (SSSR count). The minimum atomic E-state index is -0.789. The van der Waals surface area contributed by atoms with E-state index in [2.05, 4.69) is 10.9 Å². The van der Waals surface area contributed by atoms with Gasteiger partial charge in [0, 0.05) is 11.1 Å². The highest BCUT2D eigenvalue weighted by atomic mass is 16.5. The van der Waals surface area contributed by atoms with E-state index in [1.165, 1.54) is 14.2 Å². The summed E-state index contributed by atoms with van der Waals surface area (Å²) < 4.78 is 16.2. The summed E-state index contributed by atoms with van der Waals surface area (Å²) in [4.78, 5) is 24.7. The molecule has 0 saturated heterocycles. The van der Waals surface area contributed by atoms with E-state index in [0.717, 1.165) is 16.7 Å². The molecule has 2 N–H and O–H groups in total. The first-order chi connectivity index (χ1) is 13.3. The van der Waals surface area contributed by atoms with Crippen LogP contribution in [-0.2, 0) is 4.79 Å². The summed E-state index contributed by atoms with van der Waals surface area (Å²) >= 11 is 0. The maximum Gasteiger partial charge on any atom is 0.279 e. The highest BCUT2D eigenvalue weighted by Crippen LogP contribution is 2.29. The lowest BCUT2D eigenvalue weighted by atomic mass is 10.1. The van der Waals surface area contributed by atoms with E-state index in [1.807, 2.05) is 32.9 Å². The molecule has 2 aromatic rings. The van der Waals surface area contributed by atoms with E-state index in [4.69, 9.17) is 14.2 Å². The monoisotopic (exact) mass is 386 g/mol. The summed E-state index contributed by atoms with van der Waals surface area (Å²) in [6.07, 6.45) is -0.789. The molecule has 0 radical (unpaired) electrons. The molecule has 0 aliphatic heterocycles. The molecule has 28 heavy (non-hydrogen) atoms. The topological polar surface area (TPSA) is 85.9 Å². The Bertz CT molecular complexity index is 854. The van der Waals surface area contributed by atoms with E-state index in [-0.39, 0.29) is 0 Å². The number of hydrogen-bond donors (Lipinski definition) is 2. The van der Waals surface area contributed by atoms with Crippen LogP contribution in [0.3, 0.4) is 0 Å². The third kappa shape index (κ3) is 4.73. The van der Waals surface area contributed by atoms with Gasteiger partial charge in [-0.25, -0.2) is 0 Å². The summed E-state index contributed by atoms with van der Waals surface area (Å²) in [5.41, 5.74) is 7.87. The van der Waals surface area contributed by atoms with Crippen molar-refractivity contribution in [3.63, 3.8) is 0 Å². The van der Waals surface area contributed by atoms with Gasteiger partial charge in [-0.15, -0.1) is 0 Å². The molecule has 0 heterocycles. The summed E-state index contributed by atoms with van der Waals surface area (Å²) in [6, 6.07) is 8.79. The lowest BCUT2D eigenvalue weighted by Crippen LogP contribution is -2.47. The minimum Gasteiger partial charge on any atom is -0.496 e. The van der Waals surface area contributed by atoms with Crippen LogP contribution in [0.1, 0.15) is 34.0 Å². The van der Waals surface area contributed by atoms with Gasteiger partial charge < -0.3 is 14.2 Å². The van der Waals surface area contributed by atoms with Crippen LogP contribution >= 0.6 is 0 Å². The molecule has 0 fully saturated rings. The lowest BCUT2D eigenvalue weighted by Gasteiger charge is -2.17. The van der Waals surface area contributed by atoms with Crippen LogP contribution in [-0.4, -0.2) is 32.1 Å². The van der Waals surface area contributed by atoms with Gasteiger partial charge in [0.25, 0.3) is 11.8 Å². The summed E-state index contributed by atoms with van der Waals surface area (Å²) in [7, 11) is 3.02. The maximum absolute atomic E-state index is 12.4. The van der Waals surface area contributed by atoms with Crippen LogP contribution in [0, 0.1) is 20.8 Å². The smallest absolute Gasteiger partial charge is 0.279 e. The van der Waals surface area contributed by atoms with Gasteiger partial charge in [-0.2, -0.15) is 0 Å². The molecule has 0 spiro atoms. The zero-order chi connectivity index (χ0) is 20.8. The Morgan fingerprint density at radius 2 is 1.50 bits per heavy atom. The third-order valence-electron chi connectivity index (χ3n) is 4.54. The number of methoxy groups -OCH3 is 2. The van der Waals surface area contributed by atoms with Gasteiger partial charge in [-0.1, -0.05) is 12.1 Å².